The van der Waals surface area contributed by atoms with E-state index in [1.54, 1.807) is 6.07 Å². The van der Waals surface area contributed by atoms with E-state index in [9.17, 15) is 5.11 Å². The smallest absolute Gasteiger partial charge is 0.116 e. The fourth-order valence-corrected chi connectivity index (χ4v) is 3.11. The zero-order valence-electron chi connectivity index (χ0n) is 10.5. The summed E-state index contributed by atoms with van der Waals surface area (Å²) in [6.07, 6.45) is 3.64. The Bertz CT molecular complexity index is 581. The Morgan fingerprint density at radius 3 is 2.71 bits per heavy atom. The van der Waals surface area contributed by atoms with E-state index >= 15 is 0 Å². The van der Waals surface area contributed by atoms with E-state index in [4.69, 9.17) is 0 Å². The molecular weight excluding hydrogens is 208 g/mol. The zero-order valence-corrected chi connectivity index (χ0v) is 10.5. The van der Waals surface area contributed by atoms with Crippen molar-refractivity contribution in [3.8, 4) is 5.75 Å². The molecule has 1 heteroatoms. The largest absolute Gasteiger partial charge is 0.508 e. The normalized spacial score (nSPS) is 18.0. The Hall–Kier alpha value is -1.50. The van der Waals surface area contributed by atoms with Gasteiger partial charge >= 0.3 is 0 Å². The molecule has 2 aromatic carbocycles. The molecule has 0 bridgehead atoms. The summed E-state index contributed by atoms with van der Waals surface area (Å²) in [4.78, 5) is 0. The highest BCUT2D eigenvalue weighted by molar-refractivity contribution is 5.88. The fraction of sp³-hybridized carbons (Fsp3) is 0.375. The van der Waals surface area contributed by atoms with Crippen molar-refractivity contribution in [2.75, 3.05) is 0 Å². The Morgan fingerprint density at radius 1 is 1.12 bits per heavy atom. The van der Waals surface area contributed by atoms with Crippen molar-refractivity contribution in [3.05, 3.63) is 41.5 Å². The number of aromatic hydroxyl groups is 1. The maximum atomic E-state index is 9.66. The fourth-order valence-electron chi connectivity index (χ4n) is 3.11. The van der Waals surface area contributed by atoms with Gasteiger partial charge in [0.2, 0.25) is 0 Å². The van der Waals surface area contributed by atoms with Gasteiger partial charge in [-0.1, -0.05) is 32.0 Å². The van der Waals surface area contributed by atoms with Crippen LogP contribution in [-0.4, -0.2) is 5.11 Å². The molecule has 0 aromatic heterocycles. The molecule has 3 rings (SSSR count). The number of benzene rings is 2. The third kappa shape index (κ3) is 1.61. The number of aryl methyl sites for hydroxylation is 1. The lowest BCUT2D eigenvalue weighted by molar-refractivity contribution is 0.433. The van der Waals surface area contributed by atoms with Crippen molar-refractivity contribution in [1.82, 2.24) is 0 Å². The van der Waals surface area contributed by atoms with Crippen LogP contribution in [0.5, 0.6) is 5.75 Å². The monoisotopic (exact) mass is 226 g/mol. The van der Waals surface area contributed by atoms with Crippen molar-refractivity contribution in [3.63, 3.8) is 0 Å². The second kappa shape index (κ2) is 3.49. The van der Waals surface area contributed by atoms with Gasteiger partial charge in [0.15, 0.2) is 0 Å². The number of fused-ring (bicyclic) bond motifs is 3. The zero-order chi connectivity index (χ0) is 12.0. The topological polar surface area (TPSA) is 20.2 Å². The van der Waals surface area contributed by atoms with Crippen molar-refractivity contribution in [2.24, 2.45) is 0 Å². The minimum Gasteiger partial charge on any atom is -0.508 e. The number of phenolic OH excluding ortho intramolecular Hbond substituents is 1. The van der Waals surface area contributed by atoms with Crippen LogP contribution in [0.25, 0.3) is 10.8 Å². The Kier molecular flexibility index (Phi) is 2.19. The van der Waals surface area contributed by atoms with E-state index < -0.39 is 0 Å². The van der Waals surface area contributed by atoms with Crippen LogP contribution in [0.1, 0.15) is 37.8 Å². The molecule has 0 amide bonds. The summed E-state index contributed by atoms with van der Waals surface area (Å²) in [7, 11) is 0. The molecule has 1 N–H and O–H groups in total. The first-order valence-corrected chi connectivity index (χ1v) is 6.33. The van der Waals surface area contributed by atoms with E-state index in [0.717, 1.165) is 6.42 Å². The van der Waals surface area contributed by atoms with Crippen LogP contribution in [0.2, 0.25) is 0 Å². The number of hydrogen-bond acceptors (Lipinski definition) is 1. The SMILES string of the molecule is CC1(C)CCCc2c1ccc1ccc(O)cc21. The highest BCUT2D eigenvalue weighted by Gasteiger charge is 2.28. The summed E-state index contributed by atoms with van der Waals surface area (Å²) in [5, 5.41) is 12.1. The predicted octanol–water partition coefficient (Wildman–Crippen LogP) is 4.16. The summed E-state index contributed by atoms with van der Waals surface area (Å²) in [6, 6.07) is 10.1. The van der Waals surface area contributed by atoms with E-state index in [-0.39, 0.29) is 5.41 Å². The molecule has 0 saturated heterocycles. The summed E-state index contributed by atoms with van der Waals surface area (Å²) in [5.74, 6) is 0.370. The van der Waals surface area contributed by atoms with E-state index in [1.807, 2.05) is 12.1 Å². The Labute approximate surface area is 102 Å². The molecule has 0 radical (unpaired) electrons. The lowest BCUT2D eigenvalue weighted by atomic mass is 9.71. The summed E-state index contributed by atoms with van der Waals surface area (Å²) in [5.41, 5.74) is 3.17. The molecule has 1 aliphatic rings. The molecule has 1 nitrogen and oxygen atoms in total. The van der Waals surface area contributed by atoms with E-state index in [2.05, 4.69) is 26.0 Å². The third-order valence-corrected chi connectivity index (χ3v) is 4.07. The number of phenols is 1. The van der Waals surface area contributed by atoms with Crippen LogP contribution >= 0.6 is 0 Å². The average Bonchev–Trinajstić information content (AvgIpc) is 2.28. The van der Waals surface area contributed by atoms with E-state index in [1.165, 1.54) is 34.7 Å². The van der Waals surface area contributed by atoms with Crippen molar-refractivity contribution < 1.29 is 5.11 Å². The van der Waals surface area contributed by atoms with Crippen LogP contribution in [0.3, 0.4) is 0 Å². The quantitative estimate of drug-likeness (QED) is 0.715. The van der Waals surface area contributed by atoms with Crippen molar-refractivity contribution in [1.29, 1.82) is 0 Å². The summed E-state index contributed by atoms with van der Waals surface area (Å²) < 4.78 is 0. The molecule has 1 aliphatic carbocycles. The maximum absolute atomic E-state index is 9.66. The first-order chi connectivity index (χ1) is 8.08. The van der Waals surface area contributed by atoms with Gasteiger partial charge in [0.05, 0.1) is 0 Å². The first kappa shape index (κ1) is 10.6. The van der Waals surface area contributed by atoms with Crippen molar-refractivity contribution in [2.45, 2.75) is 38.5 Å². The molecule has 0 atom stereocenters. The predicted molar refractivity (Wildman–Crippen MR) is 71.6 cm³/mol. The highest BCUT2D eigenvalue weighted by atomic mass is 16.3. The molecule has 17 heavy (non-hydrogen) atoms. The highest BCUT2D eigenvalue weighted by Crippen LogP contribution is 2.40. The van der Waals surface area contributed by atoms with Gasteiger partial charge in [-0.2, -0.15) is 0 Å². The summed E-state index contributed by atoms with van der Waals surface area (Å²) in [6.45, 7) is 4.64. The van der Waals surface area contributed by atoms with Gasteiger partial charge < -0.3 is 5.11 Å². The third-order valence-electron chi connectivity index (χ3n) is 4.07. The van der Waals surface area contributed by atoms with Crippen molar-refractivity contribution >= 4 is 10.8 Å². The summed E-state index contributed by atoms with van der Waals surface area (Å²) >= 11 is 0. The molecule has 88 valence electrons. The molecule has 0 saturated carbocycles. The molecule has 0 unspecified atom stereocenters. The molecule has 0 heterocycles. The Morgan fingerprint density at radius 2 is 1.88 bits per heavy atom. The van der Waals surface area contributed by atoms with Crippen LogP contribution in [0.4, 0.5) is 0 Å². The molecule has 0 aliphatic heterocycles. The molecular formula is C16H18O. The lowest BCUT2D eigenvalue weighted by Gasteiger charge is -2.33. The van der Waals surface area contributed by atoms with Crippen LogP contribution in [0.15, 0.2) is 30.3 Å². The molecule has 2 aromatic rings. The van der Waals surface area contributed by atoms with Gasteiger partial charge in [-0.25, -0.2) is 0 Å². The maximum Gasteiger partial charge on any atom is 0.116 e. The second-order valence-corrected chi connectivity index (χ2v) is 5.73. The lowest BCUT2D eigenvalue weighted by Crippen LogP contribution is -2.23. The van der Waals surface area contributed by atoms with Crippen LogP contribution in [-0.2, 0) is 11.8 Å². The van der Waals surface area contributed by atoms with Crippen LogP contribution in [0, 0.1) is 0 Å². The van der Waals surface area contributed by atoms with E-state index in [0.29, 0.717) is 5.75 Å². The second-order valence-electron chi connectivity index (χ2n) is 5.73. The molecule has 0 spiro atoms. The van der Waals surface area contributed by atoms with Gasteiger partial charge in [-0.05, 0) is 58.7 Å². The average molecular weight is 226 g/mol. The number of hydrogen-bond donors (Lipinski definition) is 1. The number of rotatable bonds is 0. The van der Waals surface area contributed by atoms with Gasteiger partial charge in [0, 0.05) is 0 Å². The van der Waals surface area contributed by atoms with Gasteiger partial charge in [-0.15, -0.1) is 0 Å². The van der Waals surface area contributed by atoms with Crippen LogP contribution < -0.4 is 0 Å². The molecule has 0 fully saturated rings. The van der Waals surface area contributed by atoms with Gasteiger partial charge in [0.1, 0.15) is 5.75 Å². The first-order valence-electron chi connectivity index (χ1n) is 6.33. The van der Waals surface area contributed by atoms with Gasteiger partial charge in [0.25, 0.3) is 0 Å². The van der Waals surface area contributed by atoms with Gasteiger partial charge in [-0.3, -0.25) is 0 Å². The minimum absolute atomic E-state index is 0.271. The Balaban J connectivity index is 2.35. The minimum atomic E-state index is 0.271. The standard InChI is InChI=1S/C16H18O/c1-16(2)9-3-4-13-14-10-12(17)7-5-11(14)6-8-15(13)16/h5-8,10,17H,3-4,9H2,1-2H3.